The molecule has 0 atom stereocenters. The number of phenols is 1. The lowest BCUT2D eigenvalue weighted by atomic mass is 9.91. The Morgan fingerprint density at radius 2 is 1.44 bits per heavy atom. The van der Waals surface area contributed by atoms with E-state index in [0.29, 0.717) is 11.3 Å². The summed E-state index contributed by atoms with van der Waals surface area (Å²) in [5.74, 6) is 0.826. The van der Waals surface area contributed by atoms with E-state index in [1.54, 1.807) is 12.1 Å². The van der Waals surface area contributed by atoms with Crippen molar-refractivity contribution in [2.45, 2.75) is 39.5 Å². The first-order chi connectivity index (χ1) is 7.34. The van der Waals surface area contributed by atoms with Crippen molar-refractivity contribution >= 4 is 5.76 Å². The molecular formula is C14H20O2. The number of rotatable bonds is 3. The Morgan fingerprint density at radius 3 is 1.69 bits per heavy atom. The Hall–Kier alpha value is -1.44. The molecule has 16 heavy (non-hydrogen) atoms. The van der Waals surface area contributed by atoms with E-state index in [4.69, 9.17) is 0 Å². The zero-order chi connectivity index (χ0) is 12.5. The van der Waals surface area contributed by atoms with Crippen LogP contribution >= 0.6 is 0 Å². The van der Waals surface area contributed by atoms with Crippen LogP contribution in [0.15, 0.2) is 18.7 Å². The Balaban J connectivity index is 3.45. The molecule has 0 unspecified atom stereocenters. The van der Waals surface area contributed by atoms with Crippen LogP contribution in [0.1, 0.15) is 56.2 Å². The molecule has 0 aliphatic rings. The summed E-state index contributed by atoms with van der Waals surface area (Å²) in [5.41, 5.74) is 2.40. The van der Waals surface area contributed by atoms with Crippen molar-refractivity contribution in [1.29, 1.82) is 0 Å². The minimum Gasteiger partial charge on any atom is -0.508 e. The third-order valence-electron chi connectivity index (χ3n) is 2.75. The SMILES string of the molecule is C=C(O)c1cc(C(C)C)c(O)c(C(C)C)c1. The zero-order valence-corrected chi connectivity index (χ0v) is 10.4. The van der Waals surface area contributed by atoms with E-state index in [2.05, 4.69) is 6.58 Å². The summed E-state index contributed by atoms with van der Waals surface area (Å²) >= 11 is 0. The first kappa shape index (κ1) is 12.6. The highest BCUT2D eigenvalue weighted by atomic mass is 16.3. The zero-order valence-electron chi connectivity index (χ0n) is 10.4. The fourth-order valence-electron chi connectivity index (χ4n) is 1.73. The van der Waals surface area contributed by atoms with Crippen LogP contribution in [0.4, 0.5) is 0 Å². The number of aliphatic hydroxyl groups is 1. The van der Waals surface area contributed by atoms with Crippen molar-refractivity contribution in [3.63, 3.8) is 0 Å². The number of hydrogen-bond acceptors (Lipinski definition) is 2. The number of aliphatic hydroxyl groups excluding tert-OH is 1. The van der Waals surface area contributed by atoms with Crippen LogP contribution in [-0.4, -0.2) is 10.2 Å². The van der Waals surface area contributed by atoms with Gasteiger partial charge >= 0.3 is 0 Å². The Kier molecular flexibility index (Phi) is 3.63. The first-order valence-corrected chi connectivity index (χ1v) is 5.59. The van der Waals surface area contributed by atoms with Crippen LogP contribution in [0, 0.1) is 0 Å². The van der Waals surface area contributed by atoms with Crippen molar-refractivity contribution in [1.82, 2.24) is 0 Å². The third-order valence-corrected chi connectivity index (χ3v) is 2.75. The average Bonchev–Trinajstić information content (AvgIpc) is 2.16. The molecule has 2 nitrogen and oxygen atoms in total. The molecule has 0 heterocycles. The van der Waals surface area contributed by atoms with Crippen molar-refractivity contribution in [2.24, 2.45) is 0 Å². The maximum absolute atomic E-state index is 10.1. The molecule has 1 rings (SSSR count). The molecule has 0 amide bonds. The summed E-state index contributed by atoms with van der Waals surface area (Å²) in [7, 11) is 0. The van der Waals surface area contributed by atoms with Gasteiger partial charge in [-0.2, -0.15) is 0 Å². The standard InChI is InChI=1S/C14H20O2/c1-8(2)12-6-11(10(5)15)7-13(9(3)4)14(12)16/h6-9,15-16H,5H2,1-4H3. The van der Waals surface area contributed by atoms with Crippen molar-refractivity contribution < 1.29 is 10.2 Å². The van der Waals surface area contributed by atoms with Gasteiger partial charge in [-0.15, -0.1) is 0 Å². The van der Waals surface area contributed by atoms with E-state index in [0.717, 1.165) is 11.1 Å². The van der Waals surface area contributed by atoms with Crippen molar-refractivity contribution in [2.75, 3.05) is 0 Å². The fourth-order valence-corrected chi connectivity index (χ4v) is 1.73. The van der Waals surface area contributed by atoms with Gasteiger partial charge < -0.3 is 10.2 Å². The second-order valence-electron chi connectivity index (χ2n) is 4.76. The van der Waals surface area contributed by atoms with E-state index in [1.807, 2.05) is 27.7 Å². The molecule has 0 radical (unpaired) electrons. The molecular weight excluding hydrogens is 200 g/mol. The Morgan fingerprint density at radius 1 is 1.06 bits per heavy atom. The molecule has 0 saturated carbocycles. The van der Waals surface area contributed by atoms with Crippen LogP contribution in [-0.2, 0) is 0 Å². The Bertz CT molecular complexity index is 374. The first-order valence-electron chi connectivity index (χ1n) is 5.59. The maximum atomic E-state index is 10.1. The molecule has 0 spiro atoms. The average molecular weight is 220 g/mol. The number of benzene rings is 1. The van der Waals surface area contributed by atoms with Crippen LogP contribution < -0.4 is 0 Å². The molecule has 2 heteroatoms. The lowest BCUT2D eigenvalue weighted by molar-refractivity contribution is 0.454. The van der Waals surface area contributed by atoms with Gasteiger partial charge in [-0.3, -0.25) is 0 Å². The summed E-state index contributed by atoms with van der Waals surface area (Å²) in [5, 5.41) is 19.6. The molecule has 0 fully saturated rings. The van der Waals surface area contributed by atoms with Crippen LogP contribution in [0.25, 0.3) is 5.76 Å². The van der Waals surface area contributed by atoms with E-state index >= 15 is 0 Å². The minimum atomic E-state index is 0.0452. The molecule has 0 saturated heterocycles. The molecule has 0 bridgehead atoms. The highest BCUT2D eigenvalue weighted by molar-refractivity contribution is 5.61. The smallest absolute Gasteiger partial charge is 0.122 e. The lowest BCUT2D eigenvalue weighted by Crippen LogP contribution is -1.98. The molecule has 1 aromatic rings. The molecule has 1 aromatic carbocycles. The lowest BCUT2D eigenvalue weighted by Gasteiger charge is -2.17. The minimum absolute atomic E-state index is 0.0452. The number of hydrogen-bond donors (Lipinski definition) is 2. The van der Waals surface area contributed by atoms with Crippen LogP contribution in [0.2, 0.25) is 0 Å². The van der Waals surface area contributed by atoms with Gasteiger partial charge in [0.05, 0.1) is 0 Å². The summed E-state index contributed by atoms with van der Waals surface area (Å²) < 4.78 is 0. The van der Waals surface area contributed by atoms with Gasteiger partial charge in [0.15, 0.2) is 0 Å². The second-order valence-corrected chi connectivity index (χ2v) is 4.76. The van der Waals surface area contributed by atoms with Gasteiger partial charge in [-0.05, 0) is 35.1 Å². The maximum Gasteiger partial charge on any atom is 0.122 e. The van der Waals surface area contributed by atoms with E-state index in [1.165, 1.54) is 0 Å². The molecule has 0 aliphatic heterocycles. The summed E-state index contributed by atoms with van der Waals surface area (Å²) in [4.78, 5) is 0. The van der Waals surface area contributed by atoms with Gasteiger partial charge in [0.1, 0.15) is 11.5 Å². The Labute approximate surface area is 97.2 Å². The number of phenolic OH excluding ortho intramolecular Hbond substituents is 1. The summed E-state index contributed by atoms with van der Waals surface area (Å²) in [6.45, 7) is 11.6. The predicted molar refractivity (Wildman–Crippen MR) is 67.9 cm³/mol. The van der Waals surface area contributed by atoms with Crippen LogP contribution in [0.5, 0.6) is 5.75 Å². The molecule has 0 aliphatic carbocycles. The van der Waals surface area contributed by atoms with Gasteiger partial charge in [-0.25, -0.2) is 0 Å². The normalized spacial score (nSPS) is 11.1. The van der Waals surface area contributed by atoms with Gasteiger partial charge in [-0.1, -0.05) is 34.3 Å². The van der Waals surface area contributed by atoms with Crippen molar-refractivity contribution in [3.05, 3.63) is 35.4 Å². The largest absolute Gasteiger partial charge is 0.508 e. The third kappa shape index (κ3) is 2.38. The second kappa shape index (κ2) is 4.60. The van der Waals surface area contributed by atoms with Gasteiger partial charge in [0.25, 0.3) is 0 Å². The highest BCUT2D eigenvalue weighted by Crippen LogP contribution is 2.35. The van der Waals surface area contributed by atoms with Crippen molar-refractivity contribution in [3.8, 4) is 5.75 Å². The van der Waals surface area contributed by atoms with E-state index in [9.17, 15) is 10.2 Å². The van der Waals surface area contributed by atoms with E-state index < -0.39 is 0 Å². The monoisotopic (exact) mass is 220 g/mol. The summed E-state index contributed by atoms with van der Waals surface area (Å²) in [6, 6.07) is 3.60. The molecule has 2 N–H and O–H groups in total. The van der Waals surface area contributed by atoms with Crippen LogP contribution in [0.3, 0.4) is 0 Å². The van der Waals surface area contributed by atoms with Gasteiger partial charge in [0, 0.05) is 5.56 Å². The predicted octanol–water partition coefficient (Wildman–Crippen LogP) is 4.17. The fraction of sp³-hybridized carbons (Fsp3) is 0.429. The topological polar surface area (TPSA) is 40.5 Å². The van der Waals surface area contributed by atoms with Gasteiger partial charge in [0.2, 0.25) is 0 Å². The highest BCUT2D eigenvalue weighted by Gasteiger charge is 2.15. The molecule has 0 aromatic heterocycles. The number of aromatic hydroxyl groups is 1. The van der Waals surface area contributed by atoms with E-state index in [-0.39, 0.29) is 17.6 Å². The quantitative estimate of drug-likeness (QED) is 0.750. The summed E-state index contributed by atoms with van der Waals surface area (Å²) in [6.07, 6.45) is 0. The molecule has 88 valence electrons.